The number of nitrogens with zero attached hydrogens (tertiary/aromatic N) is 2. The van der Waals surface area contributed by atoms with Crippen LogP contribution in [-0.4, -0.2) is 25.7 Å². The Morgan fingerprint density at radius 3 is 2.83 bits per heavy atom. The molecule has 0 radical (unpaired) electrons. The van der Waals surface area contributed by atoms with E-state index in [1.165, 1.54) is 18.2 Å². The lowest BCUT2D eigenvalue weighted by Gasteiger charge is -2.08. The Morgan fingerprint density at radius 2 is 2.17 bits per heavy atom. The predicted molar refractivity (Wildman–Crippen MR) is 64.9 cm³/mol. The standard InChI is InChI=1S/C11H9ClN2O4/c12-11-13-9-6(2-1-3-7(9)15)10(18)14(11)5-4-8(16)17/h1-3,15H,4-5H2,(H,16,17). The number of carboxylic acid groups (broad SMARTS) is 1. The molecular formula is C11H9ClN2O4. The van der Waals surface area contributed by atoms with E-state index in [0.717, 1.165) is 4.57 Å². The summed E-state index contributed by atoms with van der Waals surface area (Å²) in [7, 11) is 0. The van der Waals surface area contributed by atoms with E-state index in [2.05, 4.69) is 4.98 Å². The van der Waals surface area contributed by atoms with Crippen LogP contribution < -0.4 is 5.56 Å². The van der Waals surface area contributed by atoms with Gasteiger partial charge in [0.25, 0.3) is 5.56 Å². The van der Waals surface area contributed by atoms with Crippen molar-refractivity contribution < 1.29 is 15.0 Å². The molecular weight excluding hydrogens is 260 g/mol. The lowest BCUT2D eigenvalue weighted by atomic mass is 10.2. The van der Waals surface area contributed by atoms with Gasteiger partial charge in [0, 0.05) is 6.54 Å². The SMILES string of the molecule is O=C(O)CCn1c(Cl)nc2c(O)cccc2c1=O. The maximum Gasteiger partial charge on any atom is 0.305 e. The van der Waals surface area contributed by atoms with Crippen molar-refractivity contribution in [2.75, 3.05) is 0 Å². The monoisotopic (exact) mass is 268 g/mol. The summed E-state index contributed by atoms with van der Waals surface area (Å²) in [6, 6.07) is 4.40. The first-order valence-corrected chi connectivity index (χ1v) is 5.48. The van der Waals surface area contributed by atoms with Crippen LogP contribution >= 0.6 is 11.6 Å². The van der Waals surface area contributed by atoms with Crippen LogP contribution in [0.4, 0.5) is 0 Å². The highest BCUT2D eigenvalue weighted by Gasteiger charge is 2.12. The average molecular weight is 269 g/mol. The number of aromatic hydroxyl groups is 1. The van der Waals surface area contributed by atoms with E-state index in [9.17, 15) is 14.7 Å². The molecule has 18 heavy (non-hydrogen) atoms. The lowest BCUT2D eigenvalue weighted by molar-refractivity contribution is -0.137. The molecule has 0 saturated carbocycles. The van der Waals surface area contributed by atoms with E-state index in [1.54, 1.807) is 0 Å². The first-order chi connectivity index (χ1) is 8.50. The molecule has 1 aromatic carbocycles. The van der Waals surface area contributed by atoms with Gasteiger partial charge in [-0.15, -0.1) is 0 Å². The minimum atomic E-state index is -1.03. The second-order valence-corrected chi connectivity index (χ2v) is 3.99. The van der Waals surface area contributed by atoms with Crippen LogP contribution in [0.25, 0.3) is 10.9 Å². The molecule has 0 unspecified atom stereocenters. The number of benzene rings is 1. The summed E-state index contributed by atoms with van der Waals surface area (Å²) in [6.07, 6.45) is -0.231. The highest BCUT2D eigenvalue weighted by Crippen LogP contribution is 2.21. The third kappa shape index (κ3) is 2.14. The number of hydrogen-bond acceptors (Lipinski definition) is 4. The fourth-order valence-electron chi connectivity index (χ4n) is 1.60. The van der Waals surface area contributed by atoms with Crippen molar-refractivity contribution in [1.82, 2.24) is 9.55 Å². The Balaban J connectivity index is 2.62. The van der Waals surface area contributed by atoms with Gasteiger partial charge in [-0.05, 0) is 23.7 Å². The van der Waals surface area contributed by atoms with Crippen molar-refractivity contribution in [3.63, 3.8) is 0 Å². The van der Waals surface area contributed by atoms with Gasteiger partial charge in [0.1, 0.15) is 11.3 Å². The number of carboxylic acids is 1. The Labute approximate surface area is 106 Å². The highest BCUT2D eigenvalue weighted by atomic mass is 35.5. The fraction of sp³-hybridized carbons (Fsp3) is 0.182. The van der Waals surface area contributed by atoms with Gasteiger partial charge >= 0.3 is 5.97 Å². The van der Waals surface area contributed by atoms with E-state index in [4.69, 9.17) is 16.7 Å². The number of rotatable bonds is 3. The van der Waals surface area contributed by atoms with Crippen LogP contribution in [0.5, 0.6) is 5.75 Å². The van der Waals surface area contributed by atoms with Gasteiger partial charge in [-0.3, -0.25) is 14.2 Å². The predicted octanol–water partition coefficient (Wildman–Crippen LogP) is 1.23. The average Bonchev–Trinajstić information content (AvgIpc) is 2.30. The molecule has 6 nitrogen and oxygen atoms in total. The zero-order valence-corrected chi connectivity index (χ0v) is 9.89. The summed E-state index contributed by atoms with van der Waals surface area (Å²) in [4.78, 5) is 26.4. The summed E-state index contributed by atoms with van der Waals surface area (Å²) in [5, 5.41) is 18.2. The molecule has 1 heterocycles. The molecule has 0 saturated heterocycles. The van der Waals surface area contributed by atoms with E-state index in [0.29, 0.717) is 0 Å². The molecule has 2 aromatic rings. The summed E-state index contributed by atoms with van der Waals surface area (Å²) in [6.45, 7) is -0.0639. The Bertz CT molecular complexity index is 681. The molecule has 0 bridgehead atoms. The van der Waals surface area contributed by atoms with Crippen LogP contribution in [-0.2, 0) is 11.3 Å². The number of phenols is 1. The maximum atomic E-state index is 12.0. The number of para-hydroxylation sites is 1. The van der Waals surface area contributed by atoms with Gasteiger partial charge in [-0.25, -0.2) is 4.98 Å². The second kappa shape index (κ2) is 4.66. The minimum Gasteiger partial charge on any atom is -0.506 e. The van der Waals surface area contributed by atoms with Gasteiger partial charge < -0.3 is 10.2 Å². The van der Waals surface area contributed by atoms with Gasteiger partial charge in [0.2, 0.25) is 5.28 Å². The summed E-state index contributed by atoms with van der Waals surface area (Å²) < 4.78 is 1.07. The molecule has 2 N–H and O–H groups in total. The van der Waals surface area contributed by atoms with Crippen molar-refractivity contribution in [3.05, 3.63) is 33.8 Å². The molecule has 1 aromatic heterocycles. The summed E-state index contributed by atoms with van der Waals surface area (Å²) in [5.41, 5.74) is -0.360. The number of aliphatic carboxylic acids is 1. The van der Waals surface area contributed by atoms with Crippen LogP contribution in [0.1, 0.15) is 6.42 Å². The number of phenolic OH excluding ortho intramolecular Hbond substituents is 1. The van der Waals surface area contributed by atoms with Gasteiger partial charge in [0.05, 0.1) is 11.8 Å². The van der Waals surface area contributed by atoms with Crippen LogP contribution in [0.2, 0.25) is 5.28 Å². The summed E-state index contributed by atoms with van der Waals surface area (Å²) >= 11 is 5.81. The van der Waals surface area contributed by atoms with Gasteiger partial charge in [-0.2, -0.15) is 0 Å². The minimum absolute atomic E-state index is 0.0639. The van der Waals surface area contributed by atoms with E-state index < -0.39 is 11.5 Å². The maximum absolute atomic E-state index is 12.0. The van der Waals surface area contributed by atoms with E-state index in [1.807, 2.05) is 0 Å². The van der Waals surface area contributed by atoms with Crippen LogP contribution in [0.3, 0.4) is 0 Å². The van der Waals surface area contributed by atoms with Crippen molar-refractivity contribution in [2.45, 2.75) is 13.0 Å². The highest BCUT2D eigenvalue weighted by molar-refractivity contribution is 6.28. The second-order valence-electron chi connectivity index (χ2n) is 3.65. The Hall–Kier alpha value is -2.08. The van der Waals surface area contributed by atoms with Crippen LogP contribution in [0.15, 0.2) is 23.0 Å². The number of hydrogen-bond donors (Lipinski definition) is 2. The number of carbonyl (C=O) groups is 1. The number of aromatic nitrogens is 2. The third-order valence-electron chi connectivity index (χ3n) is 2.47. The molecule has 0 spiro atoms. The third-order valence-corrected chi connectivity index (χ3v) is 2.75. The molecule has 7 heteroatoms. The molecule has 94 valence electrons. The zero-order valence-electron chi connectivity index (χ0n) is 9.13. The summed E-state index contributed by atoms with van der Waals surface area (Å²) in [5.74, 6) is -1.18. The normalized spacial score (nSPS) is 10.7. The zero-order chi connectivity index (χ0) is 13.3. The lowest BCUT2D eigenvalue weighted by Crippen LogP contribution is -2.23. The molecule has 0 atom stereocenters. The van der Waals surface area contributed by atoms with Crippen LogP contribution in [0, 0.1) is 0 Å². The first-order valence-electron chi connectivity index (χ1n) is 5.10. The van der Waals surface area contributed by atoms with Gasteiger partial charge in [0.15, 0.2) is 0 Å². The molecule has 0 aliphatic heterocycles. The van der Waals surface area contributed by atoms with Gasteiger partial charge in [-0.1, -0.05) is 6.07 Å². The molecule has 2 rings (SSSR count). The van der Waals surface area contributed by atoms with E-state index >= 15 is 0 Å². The Kier molecular flexibility index (Phi) is 3.20. The quantitative estimate of drug-likeness (QED) is 0.817. The van der Waals surface area contributed by atoms with Crippen molar-refractivity contribution >= 4 is 28.5 Å². The van der Waals surface area contributed by atoms with Crippen molar-refractivity contribution in [3.8, 4) is 5.75 Å². The number of fused-ring (bicyclic) bond motifs is 1. The molecule has 0 amide bonds. The number of halogens is 1. The van der Waals surface area contributed by atoms with Crippen molar-refractivity contribution in [1.29, 1.82) is 0 Å². The molecule has 0 fully saturated rings. The molecule has 0 aliphatic carbocycles. The Morgan fingerprint density at radius 1 is 1.44 bits per heavy atom. The van der Waals surface area contributed by atoms with Crippen molar-refractivity contribution in [2.24, 2.45) is 0 Å². The first kappa shape index (κ1) is 12.4. The topological polar surface area (TPSA) is 92.4 Å². The fourth-order valence-corrected chi connectivity index (χ4v) is 1.85. The smallest absolute Gasteiger partial charge is 0.305 e. The molecule has 0 aliphatic rings. The largest absolute Gasteiger partial charge is 0.506 e. The van der Waals surface area contributed by atoms with E-state index in [-0.39, 0.29) is 34.9 Å².